The molecule has 0 aliphatic rings. The van der Waals surface area contributed by atoms with Crippen LogP contribution in [-0.4, -0.2) is 70.2 Å². The molecule has 0 aliphatic heterocycles. The lowest BCUT2D eigenvalue weighted by Gasteiger charge is -2.24. The molecule has 35 heavy (non-hydrogen) atoms. The summed E-state index contributed by atoms with van der Waals surface area (Å²) in [4.78, 5) is 52.9. The van der Waals surface area contributed by atoms with E-state index in [1.54, 1.807) is 6.20 Å². The molecule has 12 heteroatoms. The smallest absolute Gasteiger partial charge is 0.325 e. The summed E-state index contributed by atoms with van der Waals surface area (Å²) in [6.45, 7) is 1.76. The number of rotatable bonds is 14. The highest BCUT2D eigenvalue weighted by atomic mass is 32.1. The van der Waals surface area contributed by atoms with Gasteiger partial charge in [-0.1, -0.05) is 18.2 Å². The molecule has 0 saturated heterocycles. The number of nitrogens with one attached hydrogen (secondary N) is 4. The van der Waals surface area contributed by atoms with Gasteiger partial charge in [0.25, 0.3) is 0 Å². The fraction of sp³-hybridized carbons (Fsp3) is 0.478. The number of amides is 3. The third-order valence-electron chi connectivity index (χ3n) is 5.57. The molecule has 11 nitrogen and oxygen atoms in total. The van der Waals surface area contributed by atoms with Gasteiger partial charge < -0.3 is 37.5 Å². The molecule has 0 spiro atoms. The van der Waals surface area contributed by atoms with Gasteiger partial charge in [0.15, 0.2) is 0 Å². The minimum absolute atomic E-state index is 0.0989. The van der Waals surface area contributed by atoms with E-state index in [0.717, 1.165) is 16.5 Å². The summed E-state index contributed by atoms with van der Waals surface area (Å²) in [6.07, 6.45) is 3.35. The molecule has 192 valence electrons. The van der Waals surface area contributed by atoms with Gasteiger partial charge in [-0.2, -0.15) is 12.6 Å². The van der Waals surface area contributed by atoms with Crippen molar-refractivity contribution >= 4 is 47.2 Å². The van der Waals surface area contributed by atoms with E-state index in [1.807, 2.05) is 24.3 Å². The molecule has 4 atom stereocenters. The van der Waals surface area contributed by atoms with E-state index in [4.69, 9.17) is 11.5 Å². The molecule has 9 N–H and O–H groups in total. The quantitative estimate of drug-likeness (QED) is 0.127. The van der Waals surface area contributed by atoms with Gasteiger partial charge in [-0.3, -0.25) is 19.2 Å². The molecule has 0 bridgehead atoms. The lowest BCUT2D eigenvalue weighted by molar-refractivity contribution is -0.141. The first kappa shape index (κ1) is 28.1. The van der Waals surface area contributed by atoms with Crippen molar-refractivity contribution in [3.63, 3.8) is 0 Å². The van der Waals surface area contributed by atoms with Crippen LogP contribution in [0.3, 0.4) is 0 Å². The van der Waals surface area contributed by atoms with Crippen molar-refractivity contribution in [1.29, 1.82) is 0 Å². The number of hydrogen-bond donors (Lipinski definition) is 8. The van der Waals surface area contributed by atoms with E-state index >= 15 is 0 Å². The normalized spacial score (nSPS) is 14.5. The van der Waals surface area contributed by atoms with Crippen LogP contribution in [-0.2, 0) is 25.6 Å². The van der Waals surface area contributed by atoms with Crippen molar-refractivity contribution in [3.8, 4) is 0 Å². The molecule has 1 heterocycles. The number of carbonyl (C=O) groups excluding carboxylic acids is 3. The highest BCUT2D eigenvalue weighted by Gasteiger charge is 2.29. The maximum atomic E-state index is 13.2. The highest BCUT2D eigenvalue weighted by molar-refractivity contribution is 7.80. The summed E-state index contributed by atoms with van der Waals surface area (Å²) in [7, 11) is 0. The molecule has 1 aromatic carbocycles. The summed E-state index contributed by atoms with van der Waals surface area (Å²) in [6, 6.07) is 3.40. The van der Waals surface area contributed by atoms with Crippen LogP contribution in [0.2, 0.25) is 0 Å². The van der Waals surface area contributed by atoms with Crippen LogP contribution in [0.4, 0.5) is 0 Å². The number of carboxylic acid groups (broad SMARTS) is 1. The van der Waals surface area contributed by atoms with Gasteiger partial charge in [0.1, 0.15) is 18.1 Å². The molecule has 2 aromatic rings. The molecular weight excluding hydrogens is 472 g/mol. The van der Waals surface area contributed by atoms with Crippen molar-refractivity contribution in [3.05, 3.63) is 36.0 Å². The van der Waals surface area contributed by atoms with Crippen molar-refractivity contribution in [2.45, 2.75) is 56.8 Å². The van der Waals surface area contributed by atoms with E-state index < -0.39 is 47.9 Å². The van der Waals surface area contributed by atoms with Crippen molar-refractivity contribution < 1.29 is 24.3 Å². The van der Waals surface area contributed by atoms with Gasteiger partial charge in [-0.05, 0) is 44.4 Å². The molecule has 0 radical (unpaired) electrons. The molecule has 0 saturated carbocycles. The monoisotopic (exact) mass is 506 g/mol. The van der Waals surface area contributed by atoms with Crippen molar-refractivity contribution in [2.75, 3.05) is 12.3 Å². The summed E-state index contributed by atoms with van der Waals surface area (Å²) < 4.78 is 0. The van der Waals surface area contributed by atoms with Crippen LogP contribution < -0.4 is 27.4 Å². The molecule has 1 aromatic heterocycles. The number of aliphatic carboxylic acids is 1. The van der Waals surface area contributed by atoms with Crippen LogP contribution in [0, 0.1) is 0 Å². The molecule has 3 amide bonds. The third-order valence-corrected chi connectivity index (χ3v) is 5.97. The lowest BCUT2D eigenvalue weighted by Crippen LogP contribution is -2.57. The molecule has 0 aliphatic carbocycles. The number of H-pyrrole nitrogens is 1. The second-order valence-corrected chi connectivity index (χ2v) is 8.69. The van der Waals surface area contributed by atoms with Crippen molar-refractivity contribution in [2.24, 2.45) is 11.5 Å². The average Bonchev–Trinajstić information content (AvgIpc) is 3.24. The number of para-hydroxylation sites is 1. The van der Waals surface area contributed by atoms with Crippen LogP contribution in [0.15, 0.2) is 30.5 Å². The number of benzene rings is 1. The number of aromatic amines is 1. The Bertz CT molecular complexity index is 1030. The largest absolute Gasteiger partial charge is 0.480 e. The summed E-state index contributed by atoms with van der Waals surface area (Å²) in [5.74, 6) is -2.88. The second-order valence-electron chi connectivity index (χ2n) is 8.33. The van der Waals surface area contributed by atoms with Gasteiger partial charge in [0, 0.05) is 29.3 Å². The van der Waals surface area contributed by atoms with Gasteiger partial charge in [0.2, 0.25) is 17.7 Å². The SMILES string of the molecule is CC(NC(=O)C(Cc1c[nH]c2ccccc12)NC(=O)C(CCCCN)NC(=O)C(N)CS)C(=O)O. The Hall–Kier alpha value is -3.09. The number of hydrogen-bond acceptors (Lipinski definition) is 7. The molecule has 0 fully saturated rings. The average molecular weight is 507 g/mol. The number of unbranched alkanes of at least 4 members (excludes halogenated alkanes) is 1. The van der Waals surface area contributed by atoms with Gasteiger partial charge in [-0.25, -0.2) is 0 Å². The number of carbonyl (C=O) groups is 4. The number of thiol groups is 1. The summed E-state index contributed by atoms with van der Waals surface area (Å²) >= 11 is 4.02. The fourth-order valence-corrected chi connectivity index (χ4v) is 3.67. The van der Waals surface area contributed by atoms with Crippen LogP contribution in [0.25, 0.3) is 10.9 Å². The first-order chi connectivity index (χ1) is 16.7. The first-order valence-electron chi connectivity index (χ1n) is 11.4. The summed E-state index contributed by atoms with van der Waals surface area (Å²) in [5.41, 5.74) is 12.9. The fourth-order valence-electron chi connectivity index (χ4n) is 3.50. The highest BCUT2D eigenvalue weighted by Crippen LogP contribution is 2.19. The minimum atomic E-state index is -1.21. The zero-order valence-corrected chi connectivity index (χ0v) is 20.5. The van der Waals surface area contributed by atoms with E-state index in [-0.39, 0.29) is 12.2 Å². The number of nitrogens with two attached hydrogens (primary N) is 2. The Labute approximate surface area is 209 Å². The van der Waals surface area contributed by atoms with E-state index in [2.05, 4.69) is 33.6 Å². The summed E-state index contributed by atoms with van der Waals surface area (Å²) in [5, 5.41) is 17.8. The van der Waals surface area contributed by atoms with Gasteiger partial charge in [0.05, 0.1) is 6.04 Å². The van der Waals surface area contributed by atoms with Crippen molar-refractivity contribution in [1.82, 2.24) is 20.9 Å². The molecule has 4 unspecified atom stereocenters. The van der Waals surface area contributed by atoms with Crippen LogP contribution in [0.1, 0.15) is 31.7 Å². The molecular formula is C23H34N6O5S. The third kappa shape index (κ3) is 8.26. The van der Waals surface area contributed by atoms with Gasteiger partial charge in [-0.15, -0.1) is 0 Å². The van der Waals surface area contributed by atoms with E-state index in [1.165, 1.54) is 6.92 Å². The maximum Gasteiger partial charge on any atom is 0.325 e. The van der Waals surface area contributed by atoms with Crippen LogP contribution in [0.5, 0.6) is 0 Å². The zero-order chi connectivity index (χ0) is 26.0. The topological polar surface area (TPSA) is 192 Å². The number of aromatic nitrogens is 1. The standard InChI is InChI=1S/C23H34N6O5S/c1-13(23(33)34)27-22(32)19(10-14-11-26-17-7-3-2-6-15(14)17)29-21(31)18(8-4-5-9-24)28-20(30)16(25)12-35/h2-3,6-7,11,13,16,18-19,26,35H,4-5,8-10,12,24-25H2,1H3,(H,27,32)(H,28,30)(H,29,31)(H,33,34). The Morgan fingerprint density at radius 1 is 1.03 bits per heavy atom. The maximum absolute atomic E-state index is 13.2. The molecule has 2 rings (SSSR count). The van der Waals surface area contributed by atoms with E-state index in [0.29, 0.717) is 25.8 Å². The second kappa shape index (κ2) is 13.7. The number of carboxylic acids is 1. The minimum Gasteiger partial charge on any atom is -0.480 e. The Morgan fingerprint density at radius 3 is 2.34 bits per heavy atom. The lowest BCUT2D eigenvalue weighted by atomic mass is 10.0. The first-order valence-corrected chi connectivity index (χ1v) is 12.1. The Balaban J connectivity index is 2.26. The predicted molar refractivity (Wildman–Crippen MR) is 136 cm³/mol. The Kier molecular flexibility index (Phi) is 11.0. The van der Waals surface area contributed by atoms with Gasteiger partial charge >= 0.3 is 5.97 Å². The predicted octanol–water partition coefficient (Wildman–Crippen LogP) is -0.345. The zero-order valence-electron chi connectivity index (χ0n) is 19.6. The Morgan fingerprint density at radius 2 is 1.69 bits per heavy atom. The van der Waals surface area contributed by atoms with E-state index in [9.17, 15) is 24.3 Å². The van der Waals surface area contributed by atoms with Crippen LogP contribution >= 0.6 is 12.6 Å². The number of fused-ring (bicyclic) bond motifs is 1.